The first-order chi connectivity index (χ1) is 16.0. The second-order valence-electron chi connectivity index (χ2n) is 8.18. The lowest BCUT2D eigenvalue weighted by Gasteiger charge is -2.31. The standard InChI is InChI=1S/C24H22BrN5O2S/c25-21-10-9-20(33-21)24(32)28-15-4-3-5-16(13-15)30-19-8-7-14(22(26)31)12-18(19)29-23(30)17-6-1-2-11-27-17/h1-2,6-12,15-16H,3-5,13H2,(H2,26,31)(H,28,32). The number of primary amides is 1. The summed E-state index contributed by atoms with van der Waals surface area (Å²) in [6.45, 7) is 0. The summed E-state index contributed by atoms with van der Waals surface area (Å²) in [5.74, 6) is 0.237. The summed E-state index contributed by atoms with van der Waals surface area (Å²) in [4.78, 5) is 34.5. The first-order valence-electron chi connectivity index (χ1n) is 10.8. The van der Waals surface area contributed by atoms with E-state index >= 15 is 0 Å². The SMILES string of the molecule is NC(=O)c1ccc2c(c1)nc(-c1ccccn1)n2C1CCCC(NC(=O)c2ccc(Br)s2)C1. The van der Waals surface area contributed by atoms with E-state index < -0.39 is 5.91 Å². The molecule has 33 heavy (non-hydrogen) atoms. The molecule has 2 atom stereocenters. The molecule has 9 heteroatoms. The Balaban J connectivity index is 1.49. The lowest BCUT2D eigenvalue weighted by molar-refractivity contribution is 0.0924. The Hall–Kier alpha value is -3.04. The summed E-state index contributed by atoms with van der Waals surface area (Å²) in [5.41, 5.74) is 8.32. The topological polar surface area (TPSA) is 103 Å². The lowest BCUT2D eigenvalue weighted by atomic mass is 9.90. The molecule has 0 saturated heterocycles. The molecule has 3 N–H and O–H groups in total. The summed E-state index contributed by atoms with van der Waals surface area (Å²) in [6.07, 6.45) is 5.44. The number of nitrogens with one attached hydrogen (secondary N) is 1. The number of halogens is 1. The van der Waals surface area contributed by atoms with Gasteiger partial charge in [0.1, 0.15) is 5.69 Å². The van der Waals surface area contributed by atoms with Gasteiger partial charge < -0.3 is 15.6 Å². The van der Waals surface area contributed by atoms with E-state index in [1.165, 1.54) is 11.3 Å². The molecule has 0 bridgehead atoms. The Bertz CT molecular complexity index is 1330. The highest BCUT2D eigenvalue weighted by Gasteiger charge is 2.29. The maximum Gasteiger partial charge on any atom is 0.261 e. The van der Waals surface area contributed by atoms with E-state index in [0.29, 0.717) is 16.0 Å². The van der Waals surface area contributed by atoms with E-state index in [4.69, 9.17) is 10.7 Å². The number of thiophene rings is 1. The second-order valence-corrected chi connectivity index (χ2v) is 10.6. The zero-order valence-electron chi connectivity index (χ0n) is 17.7. The molecule has 3 aromatic heterocycles. The van der Waals surface area contributed by atoms with Gasteiger partial charge in [-0.05, 0) is 84.1 Å². The number of benzene rings is 1. The van der Waals surface area contributed by atoms with Gasteiger partial charge in [-0.3, -0.25) is 14.6 Å². The average molecular weight is 524 g/mol. The van der Waals surface area contributed by atoms with Gasteiger partial charge in [0.25, 0.3) is 5.91 Å². The molecule has 0 spiro atoms. The molecule has 5 rings (SSSR count). The fourth-order valence-corrected chi connectivity index (χ4v) is 5.81. The maximum absolute atomic E-state index is 12.7. The van der Waals surface area contributed by atoms with Crippen molar-refractivity contribution < 1.29 is 9.59 Å². The molecule has 7 nitrogen and oxygen atoms in total. The molecule has 1 saturated carbocycles. The van der Waals surface area contributed by atoms with Gasteiger partial charge in [0, 0.05) is 23.8 Å². The normalized spacial score (nSPS) is 18.3. The second kappa shape index (κ2) is 9.07. The maximum atomic E-state index is 12.7. The van der Waals surface area contributed by atoms with E-state index in [0.717, 1.165) is 46.5 Å². The van der Waals surface area contributed by atoms with Crippen LogP contribution in [0.25, 0.3) is 22.6 Å². The van der Waals surface area contributed by atoms with Gasteiger partial charge in [0.15, 0.2) is 5.82 Å². The fourth-order valence-electron chi connectivity index (χ4n) is 4.52. The number of hydrogen-bond acceptors (Lipinski definition) is 5. The number of carbonyl (C=O) groups excluding carboxylic acids is 2. The number of imidazole rings is 1. The van der Waals surface area contributed by atoms with Crippen LogP contribution in [0.3, 0.4) is 0 Å². The van der Waals surface area contributed by atoms with E-state index in [2.05, 4.69) is 30.8 Å². The van der Waals surface area contributed by atoms with Crippen LogP contribution in [-0.2, 0) is 0 Å². The van der Waals surface area contributed by atoms with Gasteiger partial charge in [0.05, 0.1) is 19.7 Å². The third kappa shape index (κ3) is 4.43. The van der Waals surface area contributed by atoms with E-state index in [9.17, 15) is 9.59 Å². The average Bonchev–Trinajstić information content (AvgIpc) is 3.43. The zero-order chi connectivity index (χ0) is 22.9. The predicted octanol–water partition coefficient (Wildman–Crippen LogP) is 4.93. The Morgan fingerprint density at radius 3 is 2.76 bits per heavy atom. The number of amides is 2. The Kier molecular flexibility index (Phi) is 5.99. The summed E-state index contributed by atoms with van der Waals surface area (Å²) in [7, 11) is 0. The molecular weight excluding hydrogens is 502 g/mol. The van der Waals surface area contributed by atoms with Gasteiger partial charge in [-0.15, -0.1) is 11.3 Å². The molecule has 2 unspecified atom stereocenters. The highest BCUT2D eigenvalue weighted by molar-refractivity contribution is 9.11. The number of pyridine rings is 1. The van der Waals surface area contributed by atoms with Crippen molar-refractivity contribution in [3.8, 4) is 11.5 Å². The van der Waals surface area contributed by atoms with Crippen molar-refractivity contribution in [2.45, 2.75) is 37.8 Å². The van der Waals surface area contributed by atoms with Crippen LogP contribution in [0, 0.1) is 0 Å². The number of hydrogen-bond donors (Lipinski definition) is 2. The van der Waals surface area contributed by atoms with Crippen LogP contribution in [0.15, 0.2) is 58.5 Å². The van der Waals surface area contributed by atoms with Gasteiger partial charge in [-0.25, -0.2) is 4.98 Å². The van der Waals surface area contributed by atoms with Crippen LogP contribution in [-0.4, -0.2) is 32.4 Å². The van der Waals surface area contributed by atoms with E-state index in [-0.39, 0.29) is 18.0 Å². The van der Waals surface area contributed by atoms with E-state index in [1.54, 1.807) is 18.3 Å². The van der Waals surface area contributed by atoms with Gasteiger partial charge in [-0.1, -0.05) is 6.07 Å². The summed E-state index contributed by atoms with van der Waals surface area (Å²) in [5, 5.41) is 3.21. The Labute approximate surface area is 203 Å². The van der Waals surface area contributed by atoms with Crippen molar-refractivity contribution in [3.63, 3.8) is 0 Å². The summed E-state index contributed by atoms with van der Waals surface area (Å²) in [6, 6.07) is 15.0. The smallest absolute Gasteiger partial charge is 0.261 e. The number of aromatic nitrogens is 3. The molecule has 1 aromatic carbocycles. The molecule has 0 aliphatic heterocycles. The van der Waals surface area contributed by atoms with Crippen LogP contribution < -0.4 is 11.1 Å². The van der Waals surface area contributed by atoms with Gasteiger partial charge in [-0.2, -0.15) is 0 Å². The third-order valence-corrected chi connectivity index (χ3v) is 7.63. The van der Waals surface area contributed by atoms with Crippen molar-refractivity contribution >= 4 is 50.1 Å². The van der Waals surface area contributed by atoms with Gasteiger partial charge >= 0.3 is 0 Å². The largest absolute Gasteiger partial charge is 0.366 e. The quantitative estimate of drug-likeness (QED) is 0.386. The van der Waals surface area contributed by atoms with Crippen molar-refractivity contribution in [1.82, 2.24) is 19.9 Å². The van der Waals surface area contributed by atoms with Crippen LogP contribution in [0.1, 0.15) is 51.8 Å². The lowest BCUT2D eigenvalue weighted by Crippen LogP contribution is -2.38. The first kappa shape index (κ1) is 21.8. The van der Waals surface area contributed by atoms with Crippen molar-refractivity contribution in [1.29, 1.82) is 0 Å². The molecule has 1 aliphatic rings. The van der Waals surface area contributed by atoms with E-state index in [1.807, 2.05) is 36.4 Å². The Morgan fingerprint density at radius 2 is 2.03 bits per heavy atom. The van der Waals surface area contributed by atoms with Crippen LogP contribution in [0.5, 0.6) is 0 Å². The molecule has 4 aromatic rings. The zero-order valence-corrected chi connectivity index (χ0v) is 20.1. The number of rotatable bonds is 5. The van der Waals surface area contributed by atoms with Crippen LogP contribution in [0.4, 0.5) is 0 Å². The number of fused-ring (bicyclic) bond motifs is 1. The van der Waals surface area contributed by atoms with Crippen molar-refractivity contribution in [2.24, 2.45) is 5.73 Å². The minimum absolute atomic E-state index is 0.0390. The third-order valence-electron chi connectivity index (χ3n) is 6.01. The molecular formula is C24H22BrN5O2S. The minimum Gasteiger partial charge on any atom is -0.366 e. The number of nitrogens with zero attached hydrogens (tertiary/aromatic N) is 3. The molecule has 0 radical (unpaired) electrons. The number of carbonyl (C=O) groups is 2. The molecule has 1 aliphatic carbocycles. The monoisotopic (exact) mass is 523 g/mol. The molecule has 3 heterocycles. The Morgan fingerprint density at radius 1 is 1.15 bits per heavy atom. The highest BCUT2D eigenvalue weighted by Crippen LogP contribution is 2.36. The van der Waals surface area contributed by atoms with Crippen molar-refractivity contribution in [2.75, 3.05) is 0 Å². The summed E-state index contributed by atoms with van der Waals surface area (Å²) < 4.78 is 3.15. The highest BCUT2D eigenvalue weighted by atomic mass is 79.9. The van der Waals surface area contributed by atoms with Gasteiger partial charge in [0.2, 0.25) is 5.91 Å². The van der Waals surface area contributed by atoms with Crippen LogP contribution in [0.2, 0.25) is 0 Å². The first-order valence-corrected chi connectivity index (χ1v) is 12.4. The number of nitrogens with two attached hydrogens (primary N) is 1. The molecule has 2 amide bonds. The molecule has 1 fully saturated rings. The van der Waals surface area contributed by atoms with Crippen molar-refractivity contribution in [3.05, 3.63) is 69.0 Å². The fraction of sp³-hybridized carbons (Fsp3) is 0.250. The molecule has 168 valence electrons. The summed E-state index contributed by atoms with van der Waals surface area (Å²) >= 11 is 4.85. The predicted molar refractivity (Wildman–Crippen MR) is 132 cm³/mol. The minimum atomic E-state index is -0.480. The van der Waals surface area contributed by atoms with Crippen LogP contribution >= 0.6 is 27.3 Å².